The van der Waals surface area contributed by atoms with Gasteiger partial charge in [-0.3, -0.25) is 4.79 Å². The Kier molecular flexibility index (Phi) is 2.53. The Morgan fingerprint density at radius 1 is 1.53 bits per heavy atom. The van der Waals surface area contributed by atoms with Gasteiger partial charge in [0.05, 0.1) is 5.92 Å². The van der Waals surface area contributed by atoms with E-state index in [0.717, 1.165) is 16.7 Å². The van der Waals surface area contributed by atoms with Crippen LogP contribution in [0.4, 0.5) is 0 Å². The zero-order valence-corrected chi connectivity index (χ0v) is 9.08. The number of carboxylic acids is 1. The van der Waals surface area contributed by atoms with Gasteiger partial charge in [0, 0.05) is 5.02 Å². The highest BCUT2D eigenvalue weighted by molar-refractivity contribution is 6.30. The first kappa shape index (κ1) is 10.2. The molecule has 1 aliphatic rings. The summed E-state index contributed by atoms with van der Waals surface area (Å²) in [5, 5.41) is 9.61. The average molecular weight is 223 g/mol. The Morgan fingerprint density at radius 2 is 2.27 bits per heavy atom. The van der Waals surface area contributed by atoms with Crippen molar-refractivity contribution in [1.29, 1.82) is 0 Å². The zero-order chi connectivity index (χ0) is 11.0. The van der Waals surface area contributed by atoms with Gasteiger partial charge in [-0.05, 0) is 36.6 Å². The van der Waals surface area contributed by atoms with Crippen LogP contribution in [-0.4, -0.2) is 11.1 Å². The molecule has 0 amide bonds. The van der Waals surface area contributed by atoms with E-state index in [0.29, 0.717) is 11.4 Å². The van der Waals surface area contributed by atoms with E-state index in [4.69, 9.17) is 16.7 Å². The van der Waals surface area contributed by atoms with Crippen molar-refractivity contribution in [3.8, 4) is 0 Å². The molecule has 15 heavy (non-hydrogen) atoms. The third-order valence-corrected chi connectivity index (χ3v) is 3.00. The van der Waals surface area contributed by atoms with Crippen LogP contribution in [0.5, 0.6) is 0 Å². The quantitative estimate of drug-likeness (QED) is 0.835. The second-order valence-corrected chi connectivity index (χ2v) is 4.24. The van der Waals surface area contributed by atoms with Crippen molar-refractivity contribution in [3.63, 3.8) is 0 Å². The van der Waals surface area contributed by atoms with E-state index >= 15 is 0 Å². The fraction of sp³-hybridized carbons (Fsp3) is 0.250. The predicted octanol–water partition coefficient (Wildman–Crippen LogP) is 3.00. The molecule has 1 aromatic rings. The Bertz CT molecular complexity index is 449. The lowest BCUT2D eigenvalue weighted by molar-refractivity contribution is -0.139. The molecule has 78 valence electrons. The maximum atomic E-state index is 10.8. The minimum atomic E-state index is -0.778. The van der Waals surface area contributed by atoms with Crippen molar-refractivity contribution in [1.82, 2.24) is 0 Å². The number of carbonyl (C=O) groups is 1. The number of hydrogen-bond donors (Lipinski definition) is 1. The fourth-order valence-electron chi connectivity index (χ4n) is 1.78. The Morgan fingerprint density at radius 3 is 2.93 bits per heavy atom. The molecule has 1 unspecified atom stereocenters. The van der Waals surface area contributed by atoms with Crippen LogP contribution in [0.15, 0.2) is 23.8 Å². The molecule has 0 fully saturated rings. The summed E-state index contributed by atoms with van der Waals surface area (Å²) in [5.74, 6) is -1.20. The van der Waals surface area contributed by atoms with Gasteiger partial charge in [-0.15, -0.1) is 0 Å². The molecule has 1 aromatic carbocycles. The Labute approximate surface area is 93.2 Å². The van der Waals surface area contributed by atoms with Gasteiger partial charge >= 0.3 is 5.97 Å². The van der Waals surface area contributed by atoms with E-state index in [-0.39, 0.29) is 0 Å². The lowest BCUT2D eigenvalue weighted by Crippen LogP contribution is -2.12. The molecule has 3 heteroatoms. The standard InChI is InChI=1S/C12H11ClO2/c1-7(12(14)15)9-4-8-2-3-11(13)6-10(8)5-9/h2-4,6-7H,5H2,1H3,(H,14,15). The van der Waals surface area contributed by atoms with Crippen LogP contribution in [0.1, 0.15) is 18.1 Å². The van der Waals surface area contributed by atoms with Crippen LogP contribution in [0.25, 0.3) is 6.08 Å². The number of fused-ring (bicyclic) bond motifs is 1. The van der Waals surface area contributed by atoms with Crippen LogP contribution in [0.2, 0.25) is 5.02 Å². The number of benzene rings is 1. The van der Waals surface area contributed by atoms with Crippen LogP contribution < -0.4 is 0 Å². The molecule has 1 atom stereocenters. The number of aliphatic carboxylic acids is 1. The van der Waals surface area contributed by atoms with E-state index in [2.05, 4.69) is 0 Å². The molecule has 0 saturated heterocycles. The van der Waals surface area contributed by atoms with Crippen molar-refractivity contribution in [2.45, 2.75) is 13.3 Å². The summed E-state index contributed by atoms with van der Waals surface area (Å²) in [6.07, 6.45) is 2.65. The molecule has 0 radical (unpaired) electrons. The van der Waals surface area contributed by atoms with Gasteiger partial charge in [0.2, 0.25) is 0 Å². The summed E-state index contributed by atoms with van der Waals surface area (Å²) < 4.78 is 0. The van der Waals surface area contributed by atoms with Gasteiger partial charge in [0.25, 0.3) is 0 Å². The highest BCUT2D eigenvalue weighted by atomic mass is 35.5. The lowest BCUT2D eigenvalue weighted by atomic mass is 10.00. The first-order valence-corrected chi connectivity index (χ1v) is 5.17. The van der Waals surface area contributed by atoms with Gasteiger partial charge in [-0.2, -0.15) is 0 Å². The van der Waals surface area contributed by atoms with E-state index in [1.807, 2.05) is 24.3 Å². The molecule has 1 N–H and O–H groups in total. The highest BCUT2D eigenvalue weighted by Crippen LogP contribution is 2.31. The largest absolute Gasteiger partial charge is 0.481 e. The molecule has 1 aliphatic carbocycles. The highest BCUT2D eigenvalue weighted by Gasteiger charge is 2.22. The molecule has 2 rings (SSSR count). The van der Waals surface area contributed by atoms with Crippen molar-refractivity contribution < 1.29 is 9.90 Å². The monoisotopic (exact) mass is 222 g/mol. The third kappa shape index (κ3) is 1.90. The number of rotatable bonds is 2. The smallest absolute Gasteiger partial charge is 0.310 e. The first-order chi connectivity index (χ1) is 7.08. The average Bonchev–Trinajstić information content (AvgIpc) is 2.58. The van der Waals surface area contributed by atoms with Crippen molar-refractivity contribution in [2.24, 2.45) is 5.92 Å². The van der Waals surface area contributed by atoms with Gasteiger partial charge in [-0.1, -0.05) is 29.3 Å². The number of halogens is 1. The molecule has 0 saturated carbocycles. The summed E-state index contributed by atoms with van der Waals surface area (Å²) in [7, 11) is 0. The Hall–Kier alpha value is -1.28. The van der Waals surface area contributed by atoms with E-state index < -0.39 is 11.9 Å². The molecule has 0 heterocycles. The molecular weight excluding hydrogens is 212 g/mol. The molecule has 0 aliphatic heterocycles. The summed E-state index contributed by atoms with van der Waals surface area (Å²) in [4.78, 5) is 10.8. The van der Waals surface area contributed by atoms with Crippen molar-refractivity contribution >= 4 is 23.6 Å². The van der Waals surface area contributed by atoms with Crippen LogP contribution in [0, 0.1) is 5.92 Å². The van der Waals surface area contributed by atoms with Crippen LogP contribution >= 0.6 is 11.6 Å². The van der Waals surface area contributed by atoms with Crippen LogP contribution in [0.3, 0.4) is 0 Å². The number of hydrogen-bond acceptors (Lipinski definition) is 1. The molecule has 0 spiro atoms. The normalized spacial score (nSPS) is 15.7. The minimum absolute atomic E-state index is 0.420. The summed E-state index contributed by atoms with van der Waals surface area (Å²) in [6.45, 7) is 1.71. The fourth-order valence-corrected chi connectivity index (χ4v) is 1.97. The summed E-state index contributed by atoms with van der Waals surface area (Å²) in [5.41, 5.74) is 3.15. The maximum absolute atomic E-state index is 10.8. The SMILES string of the molecule is CC(C(=O)O)C1=Cc2ccc(Cl)cc2C1. The zero-order valence-electron chi connectivity index (χ0n) is 8.33. The number of carboxylic acid groups (broad SMARTS) is 1. The van der Waals surface area contributed by atoms with Gasteiger partial charge in [0.15, 0.2) is 0 Å². The molecule has 0 bridgehead atoms. The van der Waals surface area contributed by atoms with Gasteiger partial charge in [0.1, 0.15) is 0 Å². The summed E-state index contributed by atoms with van der Waals surface area (Å²) in [6, 6.07) is 5.65. The molecular formula is C12H11ClO2. The van der Waals surface area contributed by atoms with E-state index in [1.165, 1.54) is 0 Å². The first-order valence-electron chi connectivity index (χ1n) is 4.79. The third-order valence-electron chi connectivity index (χ3n) is 2.77. The van der Waals surface area contributed by atoms with E-state index in [1.54, 1.807) is 6.92 Å². The molecule has 0 aromatic heterocycles. The minimum Gasteiger partial charge on any atom is -0.481 e. The van der Waals surface area contributed by atoms with Crippen molar-refractivity contribution in [3.05, 3.63) is 39.9 Å². The van der Waals surface area contributed by atoms with Gasteiger partial charge < -0.3 is 5.11 Å². The van der Waals surface area contributed by atoms with Crippen LogP contribution in [-0.2, 0) is 11.2 Å². The topological polar surface area (TPSA) is 37.3 Å². The Balaban J connectivity index is 2.29. The summed E-state index contributed by atoms with van der Waals surface area (Å²) >= 11 is 5.87. The van der Waals surface area contributed by atoms with Crippen molar-refractivity contribution in [2.75, 3.05) is 0 Å². The van der Waals surface area contributed by atoms with E-state index in [9.17, 15) is 4.79 Å². The molecule has 2 nitrogen and oxygen atoms in total. The second kappa shape index (κ2) is 3.70. The second-order valence-electron chi connectivity index (χ2n) is 3.80. The van der Waals surface area contributed by atoms with Gasteiger partial charge in [-0.25, -0.2) is 0 Å². The maximum Gasteiger partial charge on any atom is 0.310 e. The predicted molar refractivity (Wildman–Crippen MR) is 59.9 cm³/mol. The lowest BCUT2D eigenvalue weighted by Gasteiger charge is -2.06.